The molecule has 2 aromatic carbocycles. The molecule has 140 valence electrons. The Balaban J connectivity index is 1.90. The van der Waals surface area contributed by atoms with E-state index in [1.54, 1.807) is 17.6 Å². The van der Waals surface area contributed by atoms with Gasteiger partial charge in [-0.05, 0) is 37.1 Å². The summed E-state index contributed by atoms with van der Waals surface area (Å²) in [5.41, 5.74) is 1.70. The topological polar surface area (TPSA) is 60.7 Å². The summed E-state index contributed by atoms with van der Waals surface area (Å²) >= 11 is 1.18. The van der Waals surface area contributed by atoms with Crippen LogP contribution < -0.4 is 4.80 Å². The van der Waals surface area contributed by atoms with Crippen molar-refractivity contribution in [3.05, 3.63) is 64.7 Å². The minimum absolute atomic E-state index is 0.0791. The average Bonchev–Trinajstić information content (AvgIpc) is 2.97. The van der Waals surface area contributed by atoms with Crippen LogP contribution in [0.15, 0.2) is 53.5 Å². The molecule has 1 amide bonds. The quantitative estimate of drug-likeness (QED) is 0.610. The van der Waals surface area contributed by atoms with E-state index in [1.165, 1.54) is 23.5 Å². The predicted octanol–water partition coefficient (Wildman–Crippen LogP) is 3.47. The van der Waals surface area contributed by atoms with Crippen LogP contribution in [0.2, 0.25) is 0 Å². The van der Waals surface area contributed by atoms with Gasteiger partial charge in [0.15, 0.2) is 4.80 Å². The Bertz CT molecular complexity index is 1020. The second-order valence-electron chi connectivity index (χ2n) is 5.88. The van der Waals surface area contributed by atoms with Crippen LogP contribution in [-0.2, 0) is 27.3 Å². The van der Waals surface area contributed by atoms with E-state index < -0.39 is 5.97 Å². The number of esters is 1. The third-order valence-corrected chi connectivity index (χ3v) is 4.97. The molecule has 0 saturated carbocycles. The van der Waals surface area contributed by atoms with E-state index in [4.69, 9.17) is 4.74 Å². The van der Waals surface area contributed by atoms with Crippen LogP contribution >= 0.6 is 11.3 Å². The Morgan fingerprint density at radius 2 is 1.96 bits per heavy atom. The molecule has 3 aromatic rings. The number of rotatable bonds is 6. The summed E-state index contributed by atoms with van der Waals surface area (Å²) < 4.78 is 20.8. The monoisotopic (exact) mass is 386 g/mol. The molecule has 0 spiro atoms. The van der Waals surface area contributed by atoms with Crippen molar-refractivity contribution in [1.82, 2.24) is 4.57 Å². The number of benzene rings is 2. The van der Waals surface area contributed by atoms with Gasteiger partial charge in [0.2, 0.25) is 5.91 Å². The van der Waals surface area contributed by atoms with E-state index in [0.717, 1.165) is 5.56 Å². The van der Waals surface area contributed by atoms with Gasteiger partial charge in [-0.25, -0.2) is 4.39 Å². The minimum Gasteiger partial charge on any atom is -0.465 e. The second-order valence-corrected chi connectivity index (χ2v) is 6.89. The van der Waals surface area contributed by atoms with Crippen LogP contribution in [0, 0.1) is 5.82 Å². The number of hydrogen-bond acceptors (Lipinski definition) is 4. The lowest BCUT2D eigenvalue weighted by atomic mass is 10.1. The van der Waals surface area contributed by atoms with Gasteiger partial charge >= 0.3 is 5.97 Å². The van der Waals surface area contributed by atoms with Crippen molar-refractivity contribution in [1.29, 1.82) is 0 Å². The number of aromatic nitrogens is 1. The van der Waals surface area contributed by atoms with Crippen molar-refractivity contribution in [3.63, 3.8) is 0 Å². The molecule has 5 nitrogen and oxygen atoms in total. The van der Waals surface area contributed by atoms with Crippen LogP contribution in [-0.4, -0.2) is 23.1 Å². The predicted molar refractivity (Wildman–Crippen MR) is 102 cm³/mol. The van der Waals surface area contributed by atoms with E-state index in [-0.39, 0.29) is 31.3 Å². The highest BCUT2D eigenvalue weighted by atomic mass is 32.1. The van der Waals surface area contributed by atoms with Crippen LogP contribution in [0.4, 0.5) is 4.39 Å². The molecular weight excluding hydrogens is 367 g/mol. The molecule has 0 aliphatic carbocycles. The SMILES string of the molecule is CCOC(=O)Cn1c(=NC(=O)CCc2ccccc2)sc2cc(F)ccc21. The number of nitrogens with zero attached hydrogens (tertiary/aromatic N) is 2. The number of amides is 1. The molecule has 1 heterocycles. The Morgan fingerprint density at radius 3 is 2.70 bits per heavy atom. The summed E-state index contributed by atoms with van der Waals surface area (Å²) in [6, 6.07) is 13.9. The van der Waals surface area contributed by atoms with Crippen molar-refractivity contribution in [2.45, 2.75) is 26.3 Å². The first kappa shape index (κ1) is 19.0. The highest BCUT2D eigenvalue weighted by Crippen LogP contribution is 2.19. The standard InChI is InChI=1S/C20H19FN2O3S/c1-2-26-19(25)13-23-16-10-9-15(21)12-17(16)27-20(23)22-18(24)11-8-14-6-4-3-5-7-14/h3-7,9-10,12H,2,8,11,13H2,1H3. The number of thiazole rings is 1. The van der Waals surface area contributed by atoms with Crippen LogP contribution in [0.25, 0.3) is 10.2 Å². The van der Waals surface area contributed by atoms with Gasteiger partial charge in [-0.2, -0.15) is 4.99 Å². The Morgan fingerprint density at radius 1 is 1.19 bits per heavy atom. The molecule has 27 heavy (non-hydrogen) atoms. The van der Waals surface area contributed by atoms with Crippen LogP contribution in [0.3, 0.4) is 0 Å². The summed E-state index contributed by atoms with van der Waals surface area (Å²) in [5.74, 6) is -1.10. The first-order valence-electron chi connectivity index (χ1n) is 8.63. The van der Waals surface area contributed by atoms with Crippen LogP contribution in [0.5, 0.6) is 0 Å². The van der Waals surface area contributed by atoms with Crippen molar-refractivity contribution in [3.8, 4) is 0 Å². The number of carbonyl (C=O) groups is 2. The summed E-state index contributed by atoms with van der Waals surface area (Å²) in [5, 5.41) is 0. The van der Waals surface area contributed by atoms with E-state index in [2.05, 4.69) is 4.99 Å². The van der Waals surface area contributed by atoms with Gasteiger partial charge in [0.1, 0.15) is 12.4 Å². The number of aryl methyl sites for hydroxylation is 1. The molecule has 0 radical (unpaired) electrons. The molecule has 0 N–H and O–H groups in total. The van der Waals surface area contributed by atoms with Gasteiger partial charge in [0.05, 0.1) is 16.8 Å². The third kappa shape index (κ3) is 4.89. The Kier molecular flexibility index (Phi) is 6.13. The molecule has 7 heteroatoms. The maximum atomic E-state index is 13.5. The lowest BCUT2D eigenvalue weighted by molar-refractivity contribution is -0.143. The third-order valence-electron chi connectivity index (χ3n) is 3.93. The first-order chi connectivity index (χ1) is 13.1. The normalized spacial score (nSPS) is 11.7. The van der Waals surface area contributed by atoms with Gasteiger partial charge in [-0.3, -0.25) is 9.59 Å². The first-order valence-corrected chi connectivity index (χ1v) is 9.44. The van der Waals surface area contributed by atoms with Gasteiger partial charge in [0, 0.05) is 6.42 Å². The molecule has 3 rings (SSSR count). The fourth-order valence-corrected chi connectivity index (χ4v) is 3.75. The van der Waals surface area contributed by atoms with Gasteiger partial charge in [-0.1, -0.05) is 41.7 Å². The number of fused-ring (bicyclic) bond motifs is 1. The molecule has 0 aliphatic rings. The maximum Gasteiger partial charge on any atom is 0.326 e. The molecule has 0 saturated heterocycles. The maximum absolute atomic E-state index is 13.5. The van der Waals surface area contributed by atoms with Crippen molar-refractivity contribution < 1.29 is 18.7 Å². The fourth-order valence-electron chi connectivity index (χ4n) is 2.68. The smallest absolute Gasteiger partial charge is 0.326 e. The average molecular weight is 386 g/mol. The molecule has 0 aliphatic heterocycles. The van der Waals surface area contributed by atoms with E-state index >= 15 is 0 Å². The van der Waals surface area contributed by atoms with E-state index in [0.29, 0.717) is 21.4 Å². The minimum atomic E-state index is -0.431. The molecule has 0 fully saturated rings. The molecule has 0 unspecified atom stereocenters. The molecule has 0 bridgehead atoms. The fraction of sp³-hybridized carbons (Fsp3) is 0.250. The Labute approximate surface area is 159 Å². The highest BCUT2D eigenvalue weighted by molar-refractivity contribution is 7.16. The molecule has 1 aromatic heterocycles. The number of carbonyl (C=O) groups excluding carboxylic acids is 2. The van der Waals surface area contributed by atoms with Crippen molar-refractivity contribution in [2.24, 2.45) is 4.99 Å². The zero-order chi connectivity index (χ0) is 19.2. The summed E-state index contributed by atoms with van der Waals surface area (Å²) in [7, 11) is 0. The van der Waals surface area contributed by atoms with E-state index in [9.17, 15) is 14.0 Å². The van der Waals surface area contributed by atoms with Gasteiger partial charge < -0.3 is 9.30 Å². The zero-order valence-corrected chi connectivity index (χ0v) is 15.7. The van der Waals surface area contributed by atoms with E-state index in [1.807, 2.05) is 30.3 Å². The lowest BCUT2D eigenvalue weighted by Gasteiger charge is -2.05. The van der Waals surface area contributed by atoms with Crippen molar-refractivity contribution >= 4 is 33.4 Å². The molecule has 0 atom stereocenters. The van der Waals surface area contributed by atoms with Gasteiger partial charge in [-0.15, -0.1) is 0 Å². The zero-order valence-electron chi connectivity index (χ0n) is 14.9. The number of halogens is 1. The highest BCUT2D eigenvalue weighted by Gasteiger charge is 2.13. The Hall–Kier alpha value is -2.80. The van der Waals surface area contributed by atoms with Crippen LogP contribution in [0.1, 0.15) is 18.9 Å². The second kappa shape index (κ2) is 8.73. The van der Waals surface area contributed by atoms with Gasteiger partial charge in [0.25, 0.3) is 0 Å². The largest absolute Gasteiger partial charge is 0.465 e. The summed E-state index contributed by atoms with van der Waals surface area (Å²) in [6.07, 6.45) is 0.840. The number of ether oxygens (including phenoxy) is 1. The lowest BCUT2D eigenvalue weighted by Crippen LogP contribution is -2.23. The summed E-state index contributed by atoms with van der Waals surface area (Å²) in [4.78, 5) is 28.8. The summed E-state index contributed by atoms with van der Waals surface area (Å²) in [6.45, 7) is 1.91. The molecular formula is C20H19FN2O3S. The number of hydrogen-bond donors (Lipinski definition) is 0. The van der Waals surface area contributed by atoms with Crippen molar-refractivity contribution in [2.75, 3.05) is 6.61 Å².